The minimum Gasteiger partial charge on any atom is -0.447 e. The Balaban J connectivity index is 1.15. The van der Waals surface area contributed by atoms with E-state index in [-0.39, 0.29) is 31.0 Å². The second kappa shape index (κ2) is 13.3. The van der Waals surface area contributed by atoms with Gasteiger partial charge in [-0.2, -0.15) is 0 Å². The van der Waals surface area contributed by atoms with E-state index >= 15 is 0 Å². The number of benzene rings is 1. The van der Waals surface area contributed by atoms with Gasteiger partial charge in [0.05, 0.1) is 45.1 Å². The third-order valence-corrected chi connectivity index (χ3v) is 6.61. The van der Waals surface area contributed by atoms with Crippen LogP contribution in [0.5, 0.6) is 0 Å². The highest BCUT2D eigenvalue weighted by molar-refractivity contribution is 5.80. The number of hydrogen-bond donors (Lipinski definition) is 1. The Kier molecular flexibility index (Phi) is 9.91. The van der Waals surface area contributed by atoms with E-state index in [4.69, 9.17) is 23.7 Å². The monoisotopic (exact) mass is 490 g/mol. The van der Waals surface area contributed by atoms with E-state index in [2.05, 4.69) is 10.2 Å². The van der Waals surface area contributed by atoms with E-state index in [0.717, 1.165) is 57.7 Å². The van der Waals surface area contributed by atoms with Crippen molar-refractivity contribution in [1.82, 2.24) is 10.2 Å². The molecule has 35 heavy (non-hydrogen) atoms. The Labute approximate surface area is 207 Å². The summed E-state index contributed by atoms with van der Waals surface area (Å²) in [6, 6.07) is 9.91. The van der Waals surface area contributed by atoms with Gasteiger partial charge in [0.2, 0.25) is 0 Å². The zero-order valence-corrected chi connectivity index (χ0v) is 20.5. The fraction of sp³-hybridized carbons (Fsp3) is 0.692. The summed E-state index contributed by atoms with van der Waals surface area (Å²) in [5.41, 5.74) is 1.08. The van der Waals surface area contributed by atoms with Crippen molar-refractivity contribution in [2.24, 2.45) is 0 Å². The van der Waals surface area contributed by atoms with Gasteiger partial charge in [-0.05, 0) is 31.4 Å². The van der Waals surface area contributed by atoms with Gasteiger partial charge in [-0.15, -0.1) is 0 Å². The molecule has 0 unspecified atom stereocenters. The van der Waals surface area contributed by atoms with Crippen molar-refractivity contribution < 1.29 is 33.3 Å². The molecule has 1 N–H and O–H groups in total. The molecule has 3 aliphatic heterocycles. The number of ether oxygens (including phenoxy) is 5. The van der Waals surface area contributed by atoms with E-state index in [1.165, 1.54) is 0 Å². The summed E-state index contributed by atoms with van der Waals surface area (Å²) in [7, 11) is 0. The maximum atomic E-state index is 12.5. The van der Waals surface area contributed by atoms with E-state index in [9.17, 15) is 9.59 Å². The molecule has 3 heterocycles. The van der Waals surface area contributed by atoms with Crippen molar-refractivity contribution in [3.05, 3.63) is 35.9 Å². The van der Waals surface area contributed by atoms with Gasteiger partial charge >= 0.3 is 6.09 Å². The number of hydrogen-bond acceptors (Lipinski definition) is 8. The Morgan fingerprint density at radius 2 is 1.91 bits per heavy atom. The quantitative estimate of drug-likeness (QED) is 0.500. The second-order valence-electron chi connectivity index (χ2n) is 9.54. The van der Waals surface area contributed by atoms with Gasteiger partial charge in [0, 0.05) is 32.5 Å². The normalized spacial score (nSPS) is 27.6. The third-order valence-electron chi connectivity index (χ3n) is 6.61. The predicted molar refractivity (Wildman–Crippen MR) is 128 cm³/mol. The number of Topliss-reactive ketones (excluding diaryl/α,β-unsaturated/α-hetero) is 1. The summed E-state index contributed by atoms with van der Waals surface area (Å²) in [6.07, 6.45) is 2.61. The van der Waals surface area contributed by atoms with Crippen molar-refractivity contribution >= 4 is 11.9 Å². The summed E-state index contributed by atoms with van der Waals surface area (Å²) < 4.78 is 29.0. The molecule has 9 heteroatoms. The van der Waals surface area contributed by atoms with Crippen molar-refractivity contribution in [3.63, 3.8) is 0 Å². The molecule has 3 atom stereocenters. The number of carbonyl (C=O) groups excluding carboxylic acids is 2. The summed E-state index contributed by atoms with van der Waals surface area (Å²) in [4.78, 5) is 26.9. The fourth-order valence-corrected chi connectivity index (χ4v) is 4.88. The Morgan fingerprint density at radius 1 is 1.11 bits per heavy atom. The minimum absolute atomic E-state index is 0.115. The molecule has 0 aliphatic carbocycles. The topological polar surface area (TPSA) is 95.6 Å². The van der Waals surface area contributed by atoms with Crippen molar-refractivity contribution in [1.29, 1.82) is 0 Å². The van der Waals surface area contributed by atoms with E-state index in [0.29, 0.717) is 32.6 Å². The number of amides is 1. The Bertz CT molecular complexity index is 802. The van der Waals surface area contributed by atoms with Crippen LogP contribution in [0.2, 0.25) is 0 Å². The molecule has 4 rings (SSSR count). The molecule has 1 amide bonds. The highest BCUT2D eigenvalue weighted by Gasteiger charge is 2.45. The number of ketones is 1. The molecular formula is C26H38N2O7. The standard InChI is InChI=1S/C26H38N2O7/c29-22-16-24(19-32-18-21-6-2-1-3-7-21)35-26(17-22)9-4-8-23(34-26)20-33-25(30)27-10-5-11-28-12-14-31-15-13-28/h1-3,6-7,23-24H,4-5,8-20H2,(H,27,30)/t23-,24-,26-/m1/s1. The number of rotatable bonds is 10. The van der Waals surface area contributed by atoms with Crippen LogP contribution in [-0.4, -0.2) is 87.4 Å². The molecule has 3 saturated heterocycles. The molecule has 3 fully saturated rings. The zero-order valence-electron chi connectivity index (χ0n) is 20.5. The van der Waals surface area contributed by atoms with Gasteiger partial charge in [0.1, 0.15) is 12.4 Å². The summed E-state index contributed by atoms with van der Waals surface area (Å²) in [5.74, 6) is -0.832. The molecular weight excluding hydrogens is 452 g/mol. The van der Waals surface area contributed by atoms with E-state index < -0.39 is 11.9 Å². The molecule has 3 aliphatic rings. The maximum absolute atomic E-state index is 12.5. The molecule has 0 aromatic heterocycles. The molecule has 0 saturated carbocycles. The van der Waals surface area contributed by atoms with Gasteiger partial charge in [0.25, 0.3) is 0 Å². The van der Waals surface area contributed by atoms with Crippen LogP contribution < -0.4 is 5.32 Å². The smallest absolute Gasteiger partial charge is 0.407 e. The number of nitrogens with zero attached hydrogens (tertiary/aromatic N) is 1. The number of carbonyl (C=O) groups is 2. The first-order valence-electron chi connectivity index (χ1n) is 12.8. The first-order chi connectivity index (χ1) is 17.1. The minimum atomic E-state index is -0.947. The van der Waals surface area contributed by atoms with Crippen LogP contribution in [0.1, 0.15) is 44.1 Å². The highest BCUT2D eigenvalue weighted by Crippen LogP contribution is 2.38. The lowest BCUT2D eigenvalue weighted by Gasteiger charge is -2.45. The Hall–Kier alpha value is -2.04. The van der Waals surface area contributed by atoms with Crippen LogP contribution in [0.4, 0.5) is 4.79 Å². The number of morpholine rings is 1. The van der Waals surface area contributed by atoms with E-state index in [1.54, 1.807) is 0 Å². The molecule has 0 bridgehead atoms. The number of nitrogens with one attached hydrogen (secondary N) is 1. The molecule has 9 nitrogen and oxygen atoms in total. The van der Waals surface area contributed by atoms with Gasteiger partial charge in [-0.3, -0.25) is 9.69 Å². The average molecular weight is 491 g/mol. The number of alkyl carbamates (subject to hydrolysis) is 1. The molecule has 0 radical (unpaired) electrons. The predicted octanol–water partition coefficient (Wildman–Crippen LogP) is 2.67. The van der Waals surface area contributed by atoms with Crippen LogP contribution in [-0.2, 0) is 35.1 Å². The lowest BCUT2D eigenvalue weighted by atomic mass is 9.92. The lowest BCUT2D eigenvalue weighted by molar-refractivity contribution is -0.313. The first kappa shape index (κ1) is 26.0. The summed E-state index contributed by atoms with van der Waals surface area (Å²) in [5, 5.41) is 2.81. The van der Waals surface area contributed by atoms with E-state index in [1.807, 2.05) is 30.3 Å². The molecule has 1 aromatic rings. The molecule has 1 aromatic carbocycles. The first-order valence-corrected chi connectivity index (χ1v) is 12.8. The van der Waals surface area contributed by atoms with Crippen LogP contribution in [0.3, 0.4) is 0 Å². The Morgan fingerprint density at radius 3 is 2.74 bits per heavy atom. The maximum Gasteiger partial charge on any atom is 0.407 e. The summed E-state index contributed by atoms with van der Waals surface area (Å²) in [6.45, 7) is 5.87. The van der Waals surface area contributed by atoms with Crippen LogP contribution in [0, 0.1) is 0 Å². The highest BCUT2D eigenvalue weighted by atomic mass is 16.7. The van der Waals surface area contributed by atoms with Gasteiger partial charge in [-0.1, -0.05) is 30.3 Å². The summed E-state index contributed by atoms with van der Waals surface area (Å²) >= 11 is 0. The molecule has 194 valence electrons. The second-order valence-corrected chi connectivity index (χ2v) is 9.54. The van der Waals surface area contributed by atoms with Crippen molar-refractivity contribution in [2.75, 3.05) is 52.6 Å². The SMILES string of the molecule is O=C1C[C@H](COCc2ccccc2)O[C@]2(CCC[C@H](COC(=O)NCCCN3CCOCC3)O2)C1. The van der Waals surface area contributed by atoms with Gasteiger partial charge in [-0.25, -0.2) is 4.79 Å². The average Bonchev–Trinajstić information content (AvgIpc) is 2.86. The molecule has 1 spiro atoms. The van der Waals surface area contributed by atoms with Crippen LogP contribution >= 0.6 is 0 Å². The largest absolute Gasteiger partial charge is 0.447 e. The van der Waals surface area contributed by atoms with Crippen LogP contribution in [0.25, 0.3) is 0 Å². The van der Waals surface area contributed by atoms with Gasteiger partial charge in [0.15, 0.2) is 5.79 Å². The van der Waals surface area contributed by atoms with Gasteiger partial charge < -0.3 is 29.0 Å². The van der Waals surface area contributed by atoms with Crippen molar-refractivity contribution in [3.8, 4) is 0 Å². The third kappa shape index (κ3) is 8.54. The van der Waals surface area contributed by atoms with Crippen LogP contribution in [0.15, 0.2) is 30.3 Å². The lowest BCUT2D eigenvalue weighted by Crippen LogP contribution is -2.52. The zero-order chi connectivity index (χ0) is 24.3. The van der Waals surface area contributed by atoms with Crippen molar-refractivity contribution in [2.45, 2.75) is 63.1 Å². The fourth-order valence-electron chi connectivity index (χ4n) is 4.88.